The molecule has 2 unspecified atom stereocenters. The Morgan fingerprint density at radius 1 is 0.960 bits per heavy atom. The summed E-state index contributed by atoms with van der Waals surface area (Å²) in [6.07, 6.45) is 0.405. The van der Waals surface area contributed by atoms with E-state index < -0.39 is 39.3 Å². The zero-order valence-corrected chi connectivity index (χ0v) is 31.7. The second kappa shape index (κ2) is 19.0. The van der Waals surface area contributed by atoms with Crippen LogP contribution in [0.5, 0.6) is 5.75 Å². The summed E-state index contributed by atoms with van der Waals surface area (Å²) >= 11 is 0. The van der Waals surface area contributed by atoms with E-state index in [4.69, 9.17) is 15.2 Å². The highest BCUT2D eigenvalue weighted by Crippen LogP contribution is 2.32. The number of hydrogen-bond acceptors (Lipinski definition) is 9. The normalized spacial score (nSPS) is 13.9. The molecule has 0 saturated carbocycles. The molecule has 0 aliphatic rings. The topological polar surface area (TPSA) is 172 Å². The molecule has 0 heterocycles. The van der Waals surface area contributed by atoms with Crippen LogP contribution in [0, 0.1) is 5.92 Å². The number of methoxy groups -OCH3 is 1. The zero-order valence-electron chi connectivity index (χ0n) is 30.8. The Kier molecular flexibility index (Phi) is 16.2. The predicted octanol–water partition coefficient (Wildman–Crippen LogP) is 4.30. The number of nitrogens with two attached hydrogens (primary N) is 1. The predicted molar refractivity (Wildman–Crippen MR) is 192 cm³/mol. The second-order valence-corrected chi connectivity index (χ2v) is 16.0. The van der Waals surface area contributed by atoms with Crippen molar-refractivity contribution >= 4 is 27.9 Å². The number of benzene rings is 2. The molecule has 14 heteroatoms. The smallest absolute Gasteiger partial charge is 0.410 e. The first-order valence-electron chi connectivity index (χ1n) is 17.0. The van der Waals surface area contributed by atoms with Crippen molar-refractivity contribution in [2.75, 3.05) is 33.8 Å². The van der Waals surface area contributed by atoms with Crippen LogP contribution in [0.15, 0.2) is 59.5 Å². The fourth-order valence-electron chi connectivity index (χ4n) is 5.25. The van der Waals surface area contributed by atoms with Gasteiger partial charge in [-0.1, -0.05) is 44.2 Å². The maximum atomic E-state index is 14.3. The summed E-state index contributed by atoms with van der Waals surface area (Å²) in [5, 5.41) is 14.2. The number of hydrogen-bond donors (Lipinski definition) is 3. The number of amides is 3. The molecular formula is C36H57N5O8S. The number of hydrazine groups is 1. The van der Waals surface area contributed by atoms with Crippen LogP contribution in [0.2, 0.25) is 0 Å². The van der Waals surface area contributed by atoms with Crippen molar-refractivity contribution in [3.63, 3.8) is 0 Å². The number of primary amides is 1. The van der Waals surface area contributed by atoms with E-state index in [2.05, 4.69) is 5.43 Å². The SMILES string of the molecule is COc1ccc(S(=O)(=O)N(CC(C)C)C(O)(CCN(NC(=O)CCN(C)C(=O)OC(C)(C)C)C(C)CCCC(N)=O)Cc2ccccc2)cc1. The van der Waals surface area contributed by atoms with Crippen LogP contribution in [0.4, 0.5) is 4.79 Å². The standard InChI is InChI=1S/C36H57N5O8S/c1-27(2)26-41(50(46,47)31-19-17-30(48-8)18-20-31)36(45,25-29-14-10-9-11-15-29)22-24-40(28(3)13-12-16-32(37)42)38-33(43)21-23-39(7)34(44)49-35(4,5)6/h9-11,14-15,17-20,27-28,45H,12-13,16,21-26H2,1-8H3,(H2,37,42)(H,38,43). The second-order valence-electron chi connectivity index (χ2n) is 14.1. The lowest BCUT2D eigenvalue weighted by Crippen LogP contribution is -2.57. The van der Waals surface area contributed by atoms with Crippen molar-refractivity contribution < 1.29 is 37.4 Å². The van der Waals surface area contributed by atoms with Gasteiger partial charge < -0.3 is 25.2 Å². The molecule has 0 saturated heterocycles. The molecule has 0 fully saturated rings. The van der Waals surface area contributed by atoms with Gasteiger partial charge in [0.2, 0.25) is 21.8 Å². The number of sulfonamides is 1. The van der Waals surface area contributed by atoms with E-state index in [0.29, 0.717) is 18.6 Å². The molecule has 0 aliphatic heterocycles. The zero-order chi connectivity index (χ0) is 37.7. The maximum Gasteiger partial charge on any atom is 0.410 e. The Morgan fingerprint density at radius 2 is 1.58 bits per heavy atom. The van der Waals surface area contributed by atoms with Gasteiger partial charge in [-0.15, -0.1) is 0 Å². The molecule has 13 nitrogen and oxygen atoms in total. The average Bonchev–Trinajstić information content (AvgIpc) is 3.03. The number of rotatable bonds is 20. The monoisotopic (exact) mass is 719 g/mol. The molecule has 0 aliphatic carbocycles. The van der Waals surface area contributed by atoms with Gasteiger partial charge in [0.1, 0.15) is 17.1 Å². The molecule has 4 N–H and O–H groups in total. The van der Waals surface area contributed by atoms with E-state index in [0.717, 1.165) is 9.87 Å². The third kappa shape index (κ3) is 13.9. The third-order valence-electron chi connectivity index (χ3n) is 7.95. The molecule has 280 valence electrons. The van der Waals surface area contributed by atoms with Gasteiger partial charge in [0.15, 0.2) is 0 Å². The fourth-order valence-corrected chi connectivity index (χ4v) is 7.08. The average molecular weight is 720 g/mol. The van der Waals surface area contributed by atoms with Gasteiger partial charge >= 0.3 is 6.09 Å². The van der Waals surface area contributed by atoms with Crippen LogP contribution in [0.1, 0.15) is 79.2 Å². The quantitative estimate of drug-likeness (QED) is 0.133. The minimum absolute atomic E-state index is 0.00419. The lowest BCUT2D eigenvalue weighted by molar-refractivity contribution is -0.129. The van der Waals surface area contributed by atoms with Gasteiger partial charge in [-0.25, -0.2) is 18.2 Å². The molecule has 2 atom stereocenters. The minimum atomic E-state index is -4.23. The fraction of sp³-hybridized carbons (Fsp3) is 0.583. The van der Waals surface area contributed by atoms with Gasteiger partial charge in [0.05, 0.1) is 12.0 Å². The highest BCUT2D eigenvalue weighted by Gasteiger charge is 2.43. The third-order valence-corrected chi connectivity index (χ3v) is 9.89. The largest absolute Gasteiger partial charge is 0.497 e. The first kappa shape index (κ1) is 42.4. The molecular weight excluding hydrogens is 662 g/mol. The van der Waals surface area contributed by atoms with Crippen molar-refractivity contribution in [2.45, 2.75) is 102 Å². The molecule has 0 spiro atoms. The van der Waals surface area contributed by atoms with Crippen molar-refractivity contribution in [3.05, 3.63) is 60.2 Å². The van der Waals surface area contributed by atoms with Gasteiger partial charge in [0, 0.05) is 58.4 Å². The molecule has 0 aromatic heterocycles. The van der Waals surface area contributed by atoms with Crippen LogP contribution in [-0.2, 0) is 30.8 Å². The maximum absolute atomic E-state index is 14.3. The van der Waals surface area contributed by atoms with Gasteiger partial charge in [-0.2, -0.15) is 4.31 Å². The Labute approximate surface area is 298 Å². The Bertz CT molecular complexity index is 1480. The Morgan fingerprint density at radius 3 is 2.12 bits per heavy atom. The van der Waals surface area contributed by atoms with Crippen LogP contribution in [-0.4, -0.2) is 96.8 Å². The van der Waals surface area contributed by atoms with Crippen molar-refractivity contribution in [3.8, 4) is 5.75 Å². The summed E-state index contributed by atoms with van der Waals surface area (Å²) in [6.45, 7) is 11.1. The van der Waals surface area contributed by atoms with Gasteiger partial charge in [0.25, 0.3) is 0 Å². The number of ether oxygens (including phenoxy) is 2. The molecule has 2 aromatic carbocycles. The van der Waals surface area contributed by atoms with E-state index in [9.17, 15) is 27.9 Å². The van der Waals surface area contributed by atoms with E-state index in [1.54, 1.807) is 45.0 Å². The van der Waals surface area contributed by atoms with Gasteiger partial charge in [-0.05, 0) is 76.3 Å². The summed E-state index contributed by atoms with van der Waals surface area (Å²) in [5.74, 6) is -0.481. The number of aliphatic hydroxyl groups is 1. The molecule has 2 rings (SSSR count). The molecule has 3 amide bonds. The Hall–Kier alpha value is -3.72. The molecule has 50 heavy (non-hydrogen) atoms. The van der Waals surface area contributed by atoms with Crippen LogP contribution in [0.3, 0.4) is 0 Å². The lowest BCUT2D eigenvalue weighted by Gasteiger charge is -2.41. The number of nitrogens with one attached hydrogen (secondary N) is 1. The van der Waals surface area contributed by atoms with E-state index in [1.165, 1.54) is 24.1 Å². The van der Waals surface area contributed by atoms with E-state index >= 15 is 0 Å². The van der Waals surface area contributed by atoms with Crippen molar-refractivity contribution in [2.24, 2.45) is 11.7 Å². The van der Waals surface area contributed by atoms with Crippen LogP contribution in [0.25, 0.3) is 0 Å². The number of carbonyl (C=O) groups excluding carboxylic acids is 3. The van der Waals surface area contributed by atoms with Gasteiger partial charge in [-0.3, -0.25) is 15.0 Å². The molecule has 2 aromatic rings. The summed E-state index contributed by atoms with van der Waals surface area (Å²) in [4.78, 5) is 38.5. The summed E-state index contributed by atoms with van der Waals surface area (Å²) in [5.41, 5.74) is 6.39. The first-order chi connectivity index (χ1) is 23.3. The number of nitrogens with zero attached hydrogens (tertiary/aromatic N) is 3. The number of carbonyl (C=O) groups is 3. The van der Waals surface area contributed by atoms with E-state index in [-0.39, 0.29) is 62.2 Å². The summed E-state index contributed by atoms with van der Waals surface area (Å²) in [7, 11) is -1.20. The summed E-state index contributed by atoms with van der Waals surface area (Å²) in [6, 6.07) is 14.8. The minimum Gasteiger partial charge on any atom is -0.497 e. The summed E-state index contributed by atoms with van der Waals surface area (Å²) < 4.78 is 40.4. The molecule has 0 radical (unpaired) electrons. The molecule has 0 bridgehead atoms. The highest BCUT2D eigenvalue weighted by molar-refractivity contribution is 7.89. The van der Waals surface area contributed by atoms with Crippen LogP contribution < -0.4 is 15.9 Å². The van der Waals surface area contributed by atoms with E-state index in [1.807, 2.05) is 51.1 Å². The van der Waals surface area contributed by atoms with Crippen LogP contribution >= 0.6 is 0 Å². The van der Waals surface area contributed by atoms with Crippen molar-refractivity contribution in [1.29, 1.82) is 0 Å². The highest BCUT2D eigenvalue weighted by atomic mass is 32.2. The lowest BCUT2D eigenvalue weighted by atomic mass is 9.98. The first-order valence-corrected chi connectivity index (χ1v) is 18.4. The Balaban J connectivity index is 2.45. The van der Waals surface area contributed by atoms with Crippen molar-refractivity contribution in [1.82, 2.24) is 19.6 Å².